The van der Waals surface area contributed by atoms with Gasteiger partial charge >= 0.3 is 5.97 Å². The van der Waals surface area contributed by atoms with Crippen LogP contribution in [-0.4, -0.2) is 58.0 Å². The highest BCUT2D eigenvalue weighted by Gasteiger charge is 2.27. The van der Waals surface area contributed by atoms with E-state index in [0.29, 0.717) is 29.6 Å². The lowest BCUT2D eigenvalue weighted by molar-refractivity contribution is -0.142. The number of anilines is 2. The molecule has 0 bridgehead atoms. The quantitative estimate of drug-likeness (QED) is 0.595. The van der Waals surface area contributed by atoms with Gasteiger partial charge in [-0.2, -0.15) is 0 Å². The lowest BCUT2D eigenvalue weighted by Crippen LogP contribution is -2.36. The first-order chi connectivity index (χ1) is 16.5. The van der Waals surface area contributed by atoms with E-state index in [2.05, 4.69) is 27.3 Å². The van der Waals surface area contributed by atoms with Gasteiger partial charge in [-0.1, -0.05) is 12.1 Å². The summed E-state index contributed by atoms with van der Waals surface area (Å²) in [4.78, 5) is 35.9. The number of benzene rings is 1. The van der Waals surface area contributed by atoms with Crippen molar-refractivity contribution in [2.24, 2.45) is 13.0 Å². The molecule has 1 aromatic carbocycles. The fourth-order valence-corrected chi connectivity index (χ4v) is 4.82. The summed E-state index contributed by atoms with van der Waals surface area (Å²) >= 11 is 0. The predicted molar refractivity (Wildman–Crippen MR) is 130 cm³/mol. The SMILES string of the molecule is Cn1cnc2cc(-c3ccc(N4CCOCC4)cc3)nc(NC3CCC(C(=O)O)CC3)c2c1=O. The number of fused-ring (bicyclic) bond motifs is 1. The number of carboxylic acids is 1. The van der Waals surface area contributed by atoms with Crippen LogP contribution < -0.4 is 15.8 Å². The van der Waals surface area contributed by atoms with Crippen LogP contribution in [0.3, 0.4) is 0 Å². The third-order valence-corrected chi connectivity index (χ3v) is 6.86. The van der Waals surface area contributed by atoms with E-state index in [9.17, 15) is 14.7 Å². The summed E-state index contributed by atoms with van der Waals surface area (Å²) in [6.07, 6.45) is 4.20. The zero-order chi connectivity index (χ0) is 23.7. The summed E-state index contributed by atoms with van der Waals surface area (Å²) in [6, 6.07) is 10.2. The van der Waals surface area contributed by atoms with E-state index in [0.717, 1.165) is 56.1 Å². The van der Waals surface area contributed by atoms with Crippen molar-refractivity contribution in [3.8, 4) is 11.3 Å². The zero-order valence-electron chi connectivity index (χ0n) is 19.2. The molecule has 2 N–H and O–H groups in total. The highest BCUT2D eigenvalue weighted by atomic mass is 16.5. The van der Waals surface area contributed by atoms with E-state index in [1.54, 1.807) is 7.05 Å². The number of nitrogens with zero attached hydrogens (tertiary/aromatic N) is 4. The number of nitrogens with one attached hydrogen (secondary N) is 1. The number of pyridine rings is 1. The highest BCUT2D eigenvalue weighted by Crippen LogP contribution is 2.30. The van der Waals surface area contributed by atoms with Gasteiger partial charge in [0, 0.05) is 37.4 Å². The molecular formula is C25H29N5O4. The van der Waals surface area contributed by atoms with Gasteiger partial charge < -0.3 is 24.6 Å². The summed E-state index contributed by atoms with van der Waals surface area (Å²) in [7, 11) is 1.68. The predicted octanol–water partition coefficient (Wildman–Crippen LogP) is 2.89. The van der Waals surface area contributed by atoms with E-state index in [1.165, 1.54) is 10.9 Å². The second kappa shape index (κ2) is 9.42. The lowest BCUT2D eigenvalue weighted by atomic mass is 9.86. The van der Waals surface area contributed by atoms with Gasteiger partial charge in [0.1, 0.15) is 11.2 Å². The van der Waals surface area contributed by atoms with Crippen LogP contribution in [-0.2, 0) is 16.6 Å². The molecule has 34 heavy (non-hydrogen) atoms. The summed E-state index contributed by atoms with van der Waals surface area (Å²) in [5.74, 6) is -0.520. The Kier molecular flexibility index (Phi) is 6.19. The van der Waals surface area contributed by atoms with Crippen molar-refractivity contribution in [2.45, 2.75) is 31.7 Å². The largest absolute Gasteiger partial charge is 0.481 e. The minimum Gasteiger partial charge on any atom is -0.481 e. The van der Waals surface area contributed by atoms with Gasteiger partial charge in [0.05, 0.1) is 36.7 Å². The smallest absolute Gasteiger partial charge is 0.306 e. The van der Waals surface area contributed by atoms with Gasteiger partial charge in [0.15, 0.2) is 0 Å². The van der Waals surface area contributed by atoms with E-state index in [1.807, 2.05) is 18.2 Å². The second-order valence-electron chi connectivity index (χ2n) is 9.09. The van der Waals surface area contributed by atoms with Crippen LogP contribution >= 0.6 is 0 Å². The summed E-state index contributed by atoms with van der Waals surface area (Å²) in [5, 5.41) is 13.2. The molecule has 3 aromatic rings. The molecule has 1 saturated carbocycles. The molecule has 9 nitrogen and oxygen atoms in total. The summed E-state index contributed by atoms with van der Waals surface area (Å²) in [5.41, 5.74) is 3.26. The van der Waals surface area contributed by atoms with Gasteiger partial charge in [-0.3, -0.25) is 9.59 Å². The molecule has 9 heteroatoms. The minimum atomic E-state index is -0.734. The Morgan fingerprint density at radius 2 is 1.82 bits per heavy atom. The topological polar surface area (TPSA) is 110 Å². The Hall–Kier alpha value is -3.46. The van der Waals surface area contributed by atoms with Crippen molar-refractivity contribution in [3.05, 3.63) is 47.0 Å². The molecule has 1 saturated heterocycles. The molecule has 2 fully saturated rings. The Bertz CT molecular complexity index is 1240. The van der Waals surface area contributed by atoms with Crippen molar-refractivity contribution in [1.29, 1.82) is 0 Å². The Morgan fingerprint density at radius 1 is 1.12 bits per heavy atom. The standard InChI is InChI=1S/C25H29N5O4/c1-29-15-26-21-14-20(16-4-8-19(9-5-16)30-10-12-34-13-11-30)28-23(22(21)24(29)31)27-18-6-2-17(3-7-18)25(32)33/h4-5,8-9,14-15,17-18H,2-3,6-7,10-13H2,1H3,(H,27,28)(H,32,33). The van der Waals surface area contributed by atoms with Crippen molar-refractivity contribution >= 4 is 28.4 Å². The van der Waals surface area contributed by atoms with Crippen molar-refractivity contribution in [1.82, 2.24) is 14.5 Å². The Balaban J connectivity index is 1.47. The second-order valence-corrected chi connectivity index (χ2v) is 9.09. The Morgan fingerprint density at radius 3 is 2.50 bits per heavy atom. The summed E-state index contributed by atoms with van der Waals surface area (Å²) in [6.45, 7) is 3.22. The van der Waals surface area contributed by atoms with E-state index >= 15 is 0 Å². The number of aryl methyl sites for hydroxylation is 1. The number of carboxylic acid groups (broad SMARTS) is 1. The van der Waals surface area contributed by atoms with Crippen LogP contribution in [0.15, 0.2) is 41.5 Å². The fraction of sp³-hybridized carbons (Fsp3) is 0.440. The molecule has 178 valence electrons. The number of morpholine rings is 1. The average molecular weight is 464 g/mol. The number of hydrogen-bond donors (Lipinski definition) is 2. The normalized spacial score (nSPS) is 20.9. The maximum atomic E-state index is 12.9. The van der Waals surface area contributed by atoms with Crippen LogP contribution in [0.25, 0.3) is 22.2 Å². The van der Waals surface area contributed by atoms with Gasteiger partial charge in [-0.25, -0.2) is 9.97 Å². The minimum absolute atomic E-state index is 0.0650. The average Bonchev–Trinajstić information content (AvgIpc) is 2.87. The van der Waals surface area contributed by atoms with Crippen LogP contribution in [0.2, 0.25) is 0 Å². The zero-order valence-corrected chi connectivity index (χ0v) is 19.2. The van der Waals surface area contributed by atoms with Crippen LogP contribution in [0.4, 0.5) is 11.5 Å². The van der Waals surface area contributed by atoms with E-state index < -0.39 is 5.97 Å². The van der Waals surface area contributed by atoms with Gasteiger partial charge in [0.25, 0.3) is 5.56 Å². The number of aromatic nitrogens is 3. The Labute approximate surface area is 197 Å². The summed E-state index contributed by atoms with van der Waals surface area (Å²) < 4.78 is 6.90. The molecule has 0 spiro atoms. The monoisotopic (exact) mass is 463 g/mol. The number of rotatable bonds is 5. The van der Waals surface area contributed by atoms with Crippen molar-refractivity contribution in [2.75, 3.05) is 36.5 Å². The number of aliphatic carboxylic acids is 1. The van der Waals surface area contributed by atoms with Crippen molar-refractivity contribution in [3.63, 3.8) is 0 Å². The maximum Gasteiger partial charge on any atom is 0.306 e. The third-order valence-electron chi connectivity index (χ3n) is 6.86. The fourth-order valence-electron chi connectivity index (χ4n) is 4.82. The highest BCUT2D eigenvalue weighted by molar-refractivity contribution is 5.91. The first-order valence-electron chi connectivity index (χ1n) is 11.8. The van der Waals surface area contributed by atoms with Crippen LogP contribution in [0.5, 0.6) is 0 Å². The molecule has 1 aliphatic carbocycles. The van der Waals surface area contributed by atoms with Crippen LogP contribution in [0.1, 0.15) is 25.7 Å². The van der Waals surface area contributed by atoms with Gasteiger partial charge in [0.2, 0.25) is 0 Å². The molecule has 5 rings (SSSR count). The molecule has 2 aromatic heterocycles. The molecule has 0 unspecified atom stereocenters. The lowest BCUT2D eigenvalue weighted by Gasteiger charge is -2.29. The first-order valence-corrected chi connectivity index (χ1v) is 11.8. The maximum absolute atomic E-state index is 12.9. The molecule has 0 radical (unpaired) electrons. The van der Waals surface area contributed by atoms with Gasteiger partial charge in [-0.15, -0.1) is 0 Å². The first kappa shape index (κ1) is 22.3. The van der Waals surface area contributed by atoms with Crippen LogP contribution in [0, 0.1) is 5.92 Å². The number of ether oxygens (including phenoxy) is 1. The number of hydrogen-bond acceptors (Lipinski definition) is 7. The van der Waals surface area contributed by atoms with Gasteiger partial charge in [-0.05, 0) is 43.9 Å². The molecular weight excluding hydrogens is 434 g/mol. The third kappa shape index (κ3) is 4.48. The molecule has 2 aliphatic rings. The molecule has 0 atom stereocenters. The van der Waals surface area contributed by atoms with Crippen molar-refractivity contribution < 1.29 is 14.6 Å². The van der Waals surface area contributed by atoms with E-state index in [4.69, 9.17) is 9.72 Å². The molecule has 0 amide bonds. The molecule has 3 heterocycles. The number of carbonyl (C=O) groups is 1. The molecule has 1 aliphatic heterocycles. The van der Waals surface area contributed by atoms with E-state index in [-0.39, 0.29) is 17.5 Å².